The van der Waals surface area contributed by atoms with Crippen molar-refractivity contribution < 1.29 is 15.0 Å². The first kappa shape index (κ1) is 10.2. The number of rotatable bonds is 2. The molecule has 1 heterocycles. The van der Waals surface area contributed by atoms with E-state index in [0.29, 0.717) is 11.4 Å². The molecule has 2 rings (SSSR count). The lowest BCUT2D eigenvalue weighted by atomic mass is 10.1. The number of carboxylic acids is 1. The van der Waals surface area contributed by atoms with E-state index < -0.39 is 5.97 Å². The van der Waals surface area contributed by atoms with Crippen molar-refractivity contribution >= 4 is 5.97 Å². The highest BCUT2D eigenvalue weighted by Gasteiger charge is 2.11. The first-order valence-corrected chi connectivity index (χ1v) is 4.63. The summed E-state index contributed by atoms with van der Waals surface area (Å²) in [5.41, 5.74) is 0.563. The number of benzene rings is 1. The summed E-state index contributed by atoms with van der Waals surface area (Å²) in [6, 6.07) is 4.19. The Kier molecular flexibility index (Phi) is 2.36. The van der Waals surface area contributed by atoms with E-state index in [1.807, 2.05) is 0 Å². The van der Waals surface area contributed by atoms with E-state index in [1.54, 1.807) is 30.1 Å². The van der Waals surface area contributed by atoms with Gasteiger partial charge in [-0.05, 0) is 18.2 Å². The highest BCUT2D eigenvalue weighted by molar-refractivity contribution is 5.89. The molecule has 0 atom stereocenters. The normalized spacial score (nSPS) is 10.3. The Hall–Kier alpha value is -2.30. The van der Waals surface area contributed by atoms with Crippen molar-refractivity contribution in [2.45, 2.75) is 0 Å². The van der Waals surface area contributed by atoms with E-state index in [-0.39, 0.29) is 11.3 Å². The zero-order chi connectivity index (χ0) is 11.7. The molecular weight excluding hydrogens is 208 g/mol. The van der Waals surface area contributed by atoms with Crippen LogP contribution in [0.1, 0.15) is 10.4 Å². The van der Waals surface area contributed by atoms with Gasteiger partial charge in [0.05, 0.1) is 11.1 Å². The minimum atomic E-state index is -1.07. The molecular formula is C11H10N2O3. The summed E-state index contributed by atoms with van der Waals surface area (Å²) < 4.78 is 1.75. The molecule has 0 aliphatic rings. The summed E-state index contributed by atoms with van der Waals surface area (Å²) in [6.45, 7) is 0. The Bertz CT molecular complexity index is 546. The van der Waals surface area contributed by atoms with Gasteiger partial charge in [0.1, 0.15) is 11.6 Å². The van der Waals surface area contributed by atoms with Crippen molar-refractivity contribution in [2.24, 2.45) is 7.05 Å². The number of imidazole rings is 1. The highest BCUT2D eigenvalue weighted by atomic mass is 16.4. The third-order valence-electron chi connectivity index (χ3n) is 2.31. The van der Waals surface area contributed by atoms with Crippen molar-refractivity contribution in [1.82, 2.24) is 9.55 Å². The molecule has 5 heteroatoms. The number of aromatic nitrogens is 2. The van der Waals surface area contributed by atoms with Crippen LogP contribution in [-0.4, -0.2) is 25.7 Å². The predicted molar refractivity (Wildman–Crippen MR) is 57.3 cm³/mol. The largest absolute Gasteiger partial charge is 0.507 e. The van der Waals surface area contributed by atoms with Gasteiger partial charge in [0.15, 0.2) is 0 Å². The summed E-state index contributed by atoms with van der Waals surface area (Å²) in [4.78, 5) is 14.8. The zero-order valence-electron chi connectivity index (χ0n) is 8.58. The number of carboxylic acid groups (broad SMARTS) is 1. The first-order chi connectivity index (χ1) is 7.59. The quantitative estimate of drug-likeness (QED) is 0.800. The monoisotopic (exact) mass is 218 g/mol. The average molecular weight is 218 g/mol. The lowest BCUT2D eigenvalue weighted by Crippen LogP contribution is -1.97. The van der Waals surface area contributed by atoms with Gasteiger partial charge in [-0.15, -0.1) is 0 Å². The SMILES string of the molecule is Cn1ccnc1-c1ccc(C(=O)O)cc1O. The molecule has 0 saturated carbocycles. The van der Waals surface area contributed by atoms with Crippen molar-refractivity contribution in [3.05, 3.63) is 36.2 Å². The third kappa shape index (κ3) is 1.63. The van der Waals surface area contributed by atoms with Crippen LogP contribution < -0.4 is 0 Å². The standard InChI is InChI=1S/C11H10N2O3/c1-13-5-4-12-10(13)8-3-2-7(11(15)16)6-9(8)14/h2-6,14H,1H3,(H,15,16). The van der Waals surface area contributed by atoms with Crippen molar-refractivity contribution in [2.75, 3.05) is 0 Å². The Morgan fingerprint density at radius 3 is 2.69 bits per heavy atom. The number of aromatic hydroxyl groups is 1. The van der Waals surface area contributed by atoms with E-state index in [4.69, 9.17) is 5.11 Å². The van der Waals surface area contributed by atoms with Crippen molar-refractivity contribution in [3.8, 4) is 17.1 Å². The van der Waals surface area contributed by atoms with Crippen LogP contribution in [0.4, 0.5) is 0 Å². The fourth-order valence-electron chi connectivity index (χ4n) is 1.48. The molecule has 0 aliphatic carbocycles. The second kappa shape index (κ2) is 3.69. The van der Waals surface area contributed by atoms with Gasteiger partial charge in [-0.2, -0.15) is 0 Å². The van der Waals surface area contributed by atoms with Gasteiger partial charge in [-0.1, -0.05) is 0 Å². The molecule has 0 bridgehead atoms. The Balaban J connectivity index is 2.52. The maximum absolute atomic E-state index is 10.7. The molecule has 0 spiro atoms. The van der Waals surface area contributed by atoms with Gasteiger partial charge in [0, 0.05) is 19.4 Å². The molecule has 0 unspecified atom stereocenters. The number of aromatic carboxylic acids is 1. The van der Waals surface area contributed by atoms with Crippen molar-refractivity contribution in [3.63, 3.8) is 0 Å². The second-order valence-electron chi connectivity index (χ2n) is 3.40. The number of aryl methyl sites for hydroxylation is 1. The fourth-order valence-corrected chi connectivity index (χ4v) is 1.48. The fraction of sp³-hybridized carbons (Fsp3) is 0.0909. The lowest BCUT2D eigenvalue weighted by Gasteiger charge is -2.05. The molecule has 2 aromatic rings. The van der Waals surface area contributed by atoms with Gasteiger partial charge in [0.25, 0.3) is 0 Å². The van der Waals surface area contributed by atoms with Gasteiger partial charge >= 0.3 is 5.97 Å². The van der Waals surface area contributed by atoms with Gasteiger partial charge in [-0.3, -0.25) is 0 Å². The van der Waals surface area contributed by atoms with Crippen LogP contribution in [0.3, 0.4) is 0 Å². The molecule has 1 aromatic carbocycles. The topological polar surface area (TPSA) is 75.4 Å². The molecule has 0 radical (unpaired) electrons. The zero-order valence-corrected chi connectivity index (χ0v) is 8.58. The first-order valence-electron chi connectivity index (χ1n) is 4.63. The number of nitrogens with zero attached hydrogens (tertiary/aromatic N) is 2. The van der Waals surface area contributed by atoms with Gasteiger partial charge in [-0.25, -0.2) is 9.78 Å². The van der Waals surface area contributed by atoms with Crippen LogP contribution in [0.2, 0.25) is 0 Å². The molecule has 2 N–H and O–H groups in total. The van der Waals surface area contributed by atoms with E-state index in [2.05, 4.69) is 4.98 Å². The molecule has 0 saturated heterocycles. The molecule has 0 amide bonds. The van der Waals surface area contributed by atoms with Crippen LogP contribution in [0.5, 0.6) is 5.75 Å². The number of hydrogen-bond donors (Lipinski definition) is 2. The maximum Gasteiger partial charge on any atom is 0.335 e. The smallest absolute Gasteiger partial charge is 0.335 e. The molecule has 5 nitrogen and oxygen atoms in total. The van der Waals surface area contributed by atoms with Crippen LogP contribution in [0.15, 0.2) is 30.6 Å². The molecule has 16 heavy (non-hydrogen) atoms. The lowest BCUT2D eigenvalue weighted by molar-refractivity contribution is 0.0696. The van der Waals surface area contributed by atoms with E-state index in [1.165, 1.54) is 12.1 Å². The molecule has 0 fully saturated rings. The maximum atomic E-state index is 10.7. The Labute approximate surface area is 91.6 Å². The Morgan fingerprint density at radius 1 is 1.44 bits per heavy atom. The summed E-state index contributed by atoms with van der Waals surface area (Å²) in [7, 11) is 1.80. The second-order valence-corrected chi connectivity index (χ2v) is 3.40. The summed E-state index contributed by atoms with van der Waals surface area (Å²) in [5, 5.41) is 18.5. The number of phenolic OH excluding ortho intramolecular Hbond substituents is 1. The average Bonchev–Trinajstić information content (AvgIpc) is 2.64. The van der Waals surface area contributed by atoms with E-state index in [9.17, 15) is 9.90 Å². The molecule has 82 valence electrons. The van der Waals surface area contributed by atoms with E-state index >= 15 is 0 Å². The predicted octanol–water partition coefficient (Wildman–Crippen LogP) is 1.49. The van der Waals surface area contributed by atoms with Gasteiger partial charge < -0.3 is 14.8 Å². The van der Waals surface area contributed by atoms with E-state index in [0.717, 1.165) is 0 Å². The van der Waals surface area contributed by atoms with Crippen LogP contribution >= 0.6 is 0 Å². The van der Waals surface area contributed by atoms with Crippen LogP contribution in [0, 0.1) is 0 Å². The summed E-state index contributed by atoms with van der Waals surface area (Å²) >= 11 is 0. The minimum Gasteiger partial charge on any atom is -0.507 e. The summed E-state index contributed by atoms with van der Waals surface area (Å²) in [6.07, 6.45) is 3.36. The van der Waals surface area contributed by atoms with Crippen LogP contribution in [0.25, 0.3) is 11.4 Å². The third-order valence-corrected chi connectivity index (χ3v) is 2.31. The molecule has 0 aliphatic heterocycles. The molecule has 1 aromatic heterocycles. The number of carbonyl (C=O) groups is 1. The summed E-state index contributed by atoms with van der Waals surface area (Å²) in [5.74, 6) is -0.565. The number of hydrogen-bond acceptors (Lipinski definition) is 3. The van der Waals surface area contributed by atoms with Crippen molar-refractivity contribution in [1.29, 1.82) is 0 Å². The Morgan fingerprint density at radius 2 is 2.19 bits per heavy atom. The highest BCUT2D eigenvalue weighted by Crippen LogP contribution is 2.28. The minimum absolute atomic E-state index is 0.0514. The number of phenols is 1. The van der Waals surface area contributed by atoms with Crippen LogP contribution in [-0.2, 0) is 7.05 Å². The van der Waals surface area contributed by atoms with Gasteiger partial charge in [0.2, 0.25) is 0 Å².